The lowest BCUT2D eigenvalue weighted by atomic mass is 9.89. The van der Waals surface area contributed by atoms with Gasteiger partial charge in [-0.2, -0.15) is 0 Å². The fraction of sp³-hybridized carbons (Fsp3) is 0.733. The number of amides is 1. The van der Waals surface area contributed by atoms with Gasteiger partial charge >= 0.3 is 6.09 Å². The Hall–Kier alpha value is -1.21. The minimum Gasteiger partial charge on any atom is -0.444 e. The molecule has 0 aliphatic heterocycles. The van der Waals surface area contributed by atoms with Gasteiger partial charge in [0.05, 0.1) is 0 Å². The molecule has 0 unspecified atom stereocenters. The molecular weight excluding hydrogens is 226 g/mol. The third-order valence-electron chi connectivity index (χ3n) is 2.85. The summed E-state index contributed by atoms with van der Waals surface area (Å²) < 4.78 is 5.13. The molecule has 0 aromatic rings. The summed E-state index contributed by atoms with van der Waals surface area (Å²) in [6.07, 6.45) is 10.2. The molecule has 1 amide bonds. The van der Waals surface area contributed by atoms with Gasteiger partial charge in [0.25, 0.3) is 0 Å². The second-order valence-corrected chi connectivity index (χ2v) is 5.82. The number of alkyl carbamates (subject to hydrolysis) is 1. The molecule has 0 bridgehead atoms. The van der Waals surface area contributed by atoms with Crippen LogP contribution in [0, 0.1) is 5.92 Å². The Morgan fingerprint density at radius 1 is 1.33 bits per heavy atom. The van der Waals surface area contributed by atoms with Crippen molar-refractivity contribution in [3.05, 3.63) is 17.9 Å². The number of ether oxygens (including phenoxy) is 1. The van der Waals surface area contributed by atoms with Crippen molar-refractivity contribution in [2.45, 2.75) is 58.5 Å². The van der Waals surface area contributed by atoms with Gasteiger partial charge in [-0.15, -0.1) is 5.73 Å². The zero-order chi connectivity index (χ0) is 13.4. The molecule has 1 rings (SSSR count). The van der Waals surface area contributed by atoms with Crippen LogP contribution in [0.15, 0.2) is 17.9 Å². The van der Waals surface area contributed by atoms with E-state index < -0.39 is 5.60 Å². The highest BCUT2D eigenvalue weighted by atomic mass is 16.6. The van der Waals surface area contributed by atoms with Gasteiger partial charge in [-0.25, -0.2) is 4.79 Å². The molecule has 0 saturated heterocycles. The monoisotopic (exact) mass is 251 g/mol. The Balaban J connectivity index is 2.20. The molecule has 1 aliphatic carbocycles. The van der Waals surface area contributed by atoms with Crippen LogP contribution in [0.2, 0.25) is 0 Å². The maximum atomic E-state index is 11.3. The molecule has 0 aromatic carbocycles. The number of carbonyl (C=O) groups excluding carboxylic acids is 1. The zero-order valence-electron chi connectivity index (χ0n) is 11.8. The predicted octanol–water partition coefficient (Wildman–Crippen LogP) is 3.80. The van der Waals surface area contributed by atoms with Crippen LogP contribution >= 0.6 is 0 Å². The Morgan fingerprint density at radius 2 is 2.00 bits per heavy atom. The first-order valence-electron chi connectivity index (χ1n) is 6.85. The van der Waals surface area contributed by atoms with E-state index in [0.29, 0.717) is 12.5 Å². The number of hydrogen-bond donors (Lipinski definition) is 1. The molecule has 0 aromatic heterocycles. The molecule has 0 radical (unpaired) electrons. The maximum absolute atomic E-state index is 11.3. The molecule has 0 heterocycles. The summed E-state index contributed by atoms with van der Waals surface area (Å²) in [7, 11) is 0. The van der Waals surface area contributed by atoms with E-state index in [-0.39, 0.29) is 6.09 Å². The highest BCUT2D eigenvalue weighted by molar-refractivity contribution is 5.67. The number of rotatable bonds is 3. The van der Waals surface area contributed by atoms with Crippen LogP contribution in [0.4, 0.5) is 4.79 Å². The van der Waals surface area contributed by atoms with Crippen molar-refractivity contribution >= 4 is 6.09 Å². The van der Waals surface area contributed by atoms with Gasteiger partial charge in [0.15, 0.2) is 0 Å². The van der Waals surface area contributed by atoms with Crippen LogP contribution in [-0.2, 0) is 4.74 Å². The van der Waals surface area contributed by atoms with E-state index in [9.17, 15) is 4.79 Å². The molecule has 102 valence electrons. The molecular formula is C15H25NO2. The highest BCUT2D eigenvalue weighted by Crippen LogP contribution is 2.23. The van der Waals surface area contributed by atoms with Crippen molar-refractivity contribution in [3.63, 3.8) is 0 Å². The number of carbonyl (C=O) groups is 1. The van der Waals surface area contributed by atoms with Gasteiger partial charge in [0, 0.05) is 6.54 Å². The summed E-state index contributed by atoms with van der Waals surface area (Å²) >= 11 is 0. The normalized spacial score (nSPS) is 16.6. The van der Waals surface area contributed by atoms with E-state index in [0.717, 1.165) is 0 Å². The first-order valence-corrected chi connectivity index (χ1v) is 6.85. The van der Waals surface area contributed by atoms with Gasteiger partial charge in [-0.3, -0.25) is 0 Å². The highest BCUT2D eigenvalue weighted by Gasteiger charge is 2.15. The average Bonchev–Trinajstić information content (AvgIpc) is 2.27. The molecule has 1 saturated carbocycles. The summed E-state index contributed by atoms with van der Waals surface area (Å²) in [6, 6.07) is 0. The van der Waals surface area contributed by atoms with Gasteiger partial charge in [-0.1, -0.05) is 19.3 Å². The first kappa shape index (κ1) is 14.8. The number of nitrogens with one attached hydrogen (secondary N) is 1. The SMILES string of the molecule is CC(C)(C)OC(=O)NCC=C=CC1CCCCC1. The molecule has 3 heteroatoms. The van der Waals surface area contributed by atoms with Gasteiger partial charge in [0.1, 0.15) is 5.60 Å². The Kier molecular flexibility index (Phi) is 6.00. The molecule has 0 spiro atoms. The molecule has 3 nitrogen and oxygen atoms in total. The summed E-state index contributed by atoms with van der Waals surface area (Å²) in [6.45, 7) is 6.03. The van der Waals surface area contributed by atoms with Crippen LogP contribution in [0.1, 0.15) is 52.9 Å². The van der Waals surface area contributed by atoms with E-state index in [1.807, 2.05) is 26.8 Å². The van der Waals surface area contributed by atoms with Crippen molar-refractivity contribution in [2.75, 3.05) is 6.54 Å². The molecule has 1 aliphatic rings. The summed E-state index contributed by atoms with van der Waals surface area (Å²) in [5.74, 6) is 0.677. The van der Waals surface area contributed by atoms with E-state index in [4.69, 9.17) is 4.74 Å². The third kappa shape index (κ3) is 7.18. The quantitative estimate of drug-likeness (QED) is 0.775. The van der Waals surface area contributed by atoms with E-state index in [1.165, 1.54) is 32.1 Å². The standard InChI is InChI=1S/C15H25NO2/c1-15(2,3)18-14(17)16-12-8-7-11-13-9-5-4-6-10-13/h8,11,13H,4-6,9-10,12H2,1-3H3,(H,16,17). The van der Waals surface area contributed by atoms with Crippen LogP contribution in [0.25, 0.3) is 0 Å². The van der Waals surface area contributed by atoms with Crippen molar-refractivity contribution < 1.29 is 9.53 Å². The van der Waals surface area contributed by atoms with E-state index >= 15 is 0 Å². The third-order valence-corrected chi connectivity index (χ3v) is 2.85. The lowest BCUT2D eigenvalue weighted by Crippen LogP contribution is -2.32. The Bertz CT molecular complexity index is 316. The minimum absolute atomic E-state index is 0.377. The summed E-state index contributed by atoms with van der Waals surface area (Å²) in [5.41, 5.74) is 2.71. The van der Waals surface area contributed by atoms with Gasteiger partial charge in [0.2, 0.25) is 0 Å². The molecule has 1 fully saturated rings. The second-order valence-electron chi connectivity index (χ2n) is 5.82. The first-order chi connectivity index (χ1) is 8.47. The largest absolute Gasteiger partial charge is 0.444 e. The van der Waals surface area contributed by atoms with Crippen LogP contribution < -0.4 is 5.32 Å². The summed E-state index contributed by atoms with van der Waals surface area (Å²) in [4.78, 5) is 11.3. The van der Waals surface area contributed by atoms with E-state index in [2.05, 4.69) is 17.1 Å². The van der Waals surface area contributed by atoms with Crippen LogP contribution in [-0.4, -0.2) is 18.2 Å². The lowest BCUT2D eigenvalue weighted by Gasteiger charge is -2.19. The zero-order valence-corrected chi connectivity index (χ0v) is 11.8. The predicted molar refractivity (Wildman–Crippen MR) is 73.5 cm³/mol. The fourth-order valence-electron chi connectivity index (χ4n) is 2.01. The average molecular weight is 251 g/mol. The number of hydrogen-bond acceptors (Lipinski definition) is 2. The fourth-order valence-corrected chi connectivity index (χ4v) is 2.01. The maximum Gasteiger partial charge on any atom is 0.407 e. The molecule has 0 atom stereocenters. The van der Waals surface area contributed by atoms with Crippen molar-refractivity contribution in [1.82, 2.24) is 5.32 Å². The minimum atomic E-state index is -0.439. The van der Waals surface area contributed by atoms with Crippen LogP contribution in [0.5, 0.6) is 0 Å². The Labute approximate surface area is 110 Å². The van der Waals surface area contributed by atoms with Crippen LogP contribution in [0.3, 0.4) is 0 Å². The van der Waals surface area contributed by atoms with Crippen molar-refractivity contribution in [3.8, 4) is 0 Å². The van der Waals surface area contributed by atoms with E-state index in [1.54, 1.807) is 0 Å². The van der Waals surface area contributed by atoms with Crippen molar-refractivity contribution in [1.29, 1.82) is 0 Å². The second kappa shape index (κ2) is 7.27. The lowest BCUT2D eigenvalue weighted by molar-refractivity contribution is 0.0534. The molecule has 1 N–H and O–H groups in total. The van der Waals surface area contributed by atoms with Crippen molar-refractivity contribution in [2.24, 2.45) is 5.92 Å². The Morgan fingerprint density at radius 3 is 2.61 bits per heavy atom. The smallest absolute Gasteiger partial charge is 0.407 e. The van der Waals surface area contributed by atoms with Gasteiger partial charge in [-0.05, 0) is 51.7 Å². The summed E-state index contributed by atoms with van der Waals surface area (Å²) in [5, 5.41) is 2.68. The topological polar surface area (TPSA) is 38.3 Å². The van der Waals surface area contributed by atoms with Gasteiger partial charge < -0.3 is 10.1 Å². The molecule has 18 heavy (non-hydrogen) atoms.